The molecule has 1 rings (SSSR count). The summed E-state index contributed by atoms with van der Waals surface area (Å²) in [5, 5.41) is 5.45. The third kappa shape index (κ3) is 3.91. The summed E-state index contributed by atoms with van der Waals surface area (Å²) >= 11 is 3.49. The monoisotopic (exact) mass is 287 g/mol. The van der Waals surface area contributed by atoms with E-state index in [1.807, 2.05) is 18.7 Å². The second kappa shape index (κ2) is 6.40. The van der Waals surface area contributed by atoms with E-state index in [-0.39, 0.29) is 0 Å². The molecule has 1 heterocycles. The van der Waals surface area contributed by atoms with E-state index >= 15 is 0 Å². The van der Waals surface area contributed by atoms with E-state index in [1.54, 1.807) is 0 Å². The lowest BCUT2D eigenvalue weighted by Gasteiger charge is -2.26. The highest BCUT2D eigenvalue weighted by atomic mass is 79.9. The van der Waals surface area contributed by atoms with Crippen LogP contribution in [0.3, 0.4) is 0 Å². The predicted molar refractivity (Wildman–Crippen MR) is 71.9 cm³/mol. The minimum absolute atomic E-state index is 0.578. The standard InChI is InChI=1S/C12H22BrN3/c1-10(2)16(7-5-6-13)9-12-8-11(3)14-15(12)4/h8,10H,5-7,9H2,1-4H3. The predicted octanol–water partition coefficient (Wildman–Crippen LogP) is 2.72. The van der Waals surface area contributed by atoms with Crippen LogP contribution in [0.25, 0.3) is 0 Å². The van der Waals surface area contributed by atoms with Gasteiger partial charge in [-0.2, -0.15) is 5.10 Å². The summed E-state index contributed by atoms with van der Waals surface area (Å²) in [5.41, 5.74) is 2.39. The molecule has 0 saturated heterocycles. The van der Waals surface area contributed by atoms with E-state index in [0.29, 0.717) is 6.04 Å². The number of alkyl halides is 1. The molecule has 0 aliphatic heterocycles. The second-order valence-electron chi connectivity index (χ2n) is 4.51. The van der Waals surface area contributed by atoms with Crippen molar-refractivity contribution in [1.82, 2.24) is 14.7 Å². The van der Waals surface area contributed by atoms with Crippen molar-refractivity contribution in [1.29, 1.82) is 0 Å². The number of halogens is 1. The van der Waals surface area contributed by atoms with E-state index in [9.17, 15) is 0 Å². The number of hydrogen-bond acceptors (Lipinski definition) is 2. The van der Waals surface area contributed by atoms with Crippen LogP contribution < -0.4 is 0 Å². The molecule has 0 fully saturated rings. The van der Waals surface area contributed by atoms with Crippen LogP contribution >= 0.6 is 15.9 Å². The van der Waals surface area contributed by atoms with Gasteiger partial charge in [0.2, 0.25) is 0 Å². The van der Waals surface area contributed by atoms with Gasteiger partial charge in [0.25, 0.3) is 0 Å². The molecule has 0 amide bonds. The maximum Gasteiger partial charge on any atom is 0.0597 e. The Morgan fingerprint density at radius 1 is 1.50 bits per heavy atom. The van der Waals surface area contributed by atoms with Crippen LogP contribution in [0.2, 0.25) is 0 Å². The van der Waals surface area contributed by atoms with Crippen molar-refractivity contribution in [3.63, 3.8) is 0 Å². The number of nitrogens with zero attached hydrogens (tertiary/aromatic N) is 3. The summed E-state index contributed by atoms with van der Waals surface area (Å²) in [6, 6.07) is 2.75. The molecule has 4 heteroatoms. The summed E-state index contributed by atoms with van der Waals surface area (Å²) < 4.78 is 1.98. The molecule has 0 aromatic carbocycles. The van der Waals surface area contributed by atoms with Gasteiger partial charge < -0.3 is 0 Å². The molecule has 0 saturated carbocycles. The number of rotatable bonds is 6. The molecule has 0 N–H and O–H groups in total. The Morgan fingerprint density at radius 3 is 2.62 bits per heavy atom. The first kappa shape index (κ1) is 13.7. The fraction of sp³-hybridized carbons (Fsp3) is 0.750. The highest BCUT2D eigenvalue weighted by Crippen LogP contribution is 2.10. The van der Waals surface area contributed by atoms with Gasteiger partial charge in [-0.15, -0.1) is 0 Å². The molecule has 16 heavy (non-hydrogen) atoms. The van der Waals surface area contributed by atoms with Crippen LogP contribution in [0.15, 0.2) is 6.07 Å². The SMILES string of the molecule is Cc1cc(CN(CCCBr)C(C)C)n(C)n1. The molecule has 3 nitrogen and oxygen atoms in total. The maximum absolute atomic E-state index is 4.38. The molecule has 0 radical (unpaired) electrons. The molecule has 1 aromatic rings. The van der Waals surface area contributed by atoms with Crippen LogP contribution in [0.5, 0.6) is 0 Å². The summed E-state index contributed by atoms with van der Waals surface area (Å²) in [6.07, 6.45) is 1.19. The van der Waals surface area contributed by atoms with Gasteiger partial charge in [-0.3, -0.25) is 9.58 Å². The maximum atomic E-state index is 4.38. The topological polar surface area (TPSA) is 21.1 Å². The van der Waals surface area contributed by atoms with Crippen molar-refractivity contribution in [3.05, 3.63) is 17.5 Å². The Labute approximate surface area is 107 Å². The lowest BCUT2D eigenvalue weighted by Crippen LogP contribution is -2.32. The van der Waals surface area contributed by atoms with Crippen LogP contribution in [0.1, 0.15) is 31.7 Å². The fourth-order valence-electron chi connectivity index (χ4n) is 1.80. The molecule has 0 atom stereocenters. The van der Waals surface area contributed by atoms with Gasteiger partial charge in [-0.25, -0.2) is 0 Å². The average Bonchev–Trinajstić information content (AvgIpc) is 2.51. The van der Waals surface area contributed by atoms with Crippen LogP contribution in [-0.2, 0) is 13.6 Å². The summed E-state index contributed by atoms with van der Waals surface area (Å²) in [6.45, 7) is 8.66. The first-order chi connectivity index (χ1) is 7.54. The largest absolute Gasteiger partial charge is 0.295 e. The highest BCUT2D eigenvalue weighted by molar-refractivity contribution is 9.09. The smallest absolute Gasteiger partial charge is 0.0597 e. The molecule has 1 aromatic heterocycles. The van der Waals surface area contributed by atoms with Crippen molar-refractivity contribution in [3.8, 4) is 0 Å². The Kier molecular flexibility index (Phi) is 5.49. The van der Waals surface area contributed by atoms with Gasteiger partial charge in [0.1, 0.15) is 0 Å². The minimum Gasteiger partial charge on any atom is -0.295 e. The fourth-order valence-corrected chi connectivity index (χ4v) is 2.05. The van der Waals surface area contributed by atoms with E-state index in [2.05, 4.69) is 45.8 Å². The lowest BCUT2D eigenvalue weighted by molar-refractivity contribution is 0.209. The number of aryl methyl sites for hydroxylation is 2. The van der Waals surface area contributed by atoms with Crippen LogP contribution in [-0.4, -0.2) is 32.6 Å². The minimum atomic E-state index is 0.578. The molecule has 0 aliphatic carbocycles. The zero-order valence-electron chi connectivity index (χ0n) is 10.7. The highest BCUT2D eigenvalue weighted by Gasteiger charge is 2.12. The van der Waals surface area contributed by atoms with E-state index < -0.39 is 0 Å². The quantitative estimate of drug-likeness (QED) is 0.750. The van der Waals surface area contributed by atoms with E-state index in [4.69, 9.17) is 0 Å². The molecule has 0 unspecified atom stereocenters. The molecule has 0 aliphatic rings. The van der Waals surface area contributed by atoms with Crippen molar-refractivity contribution in [2.45, 2.75) is 39.8 Å². The zero-order chi connectivity index (χ0) is 12.1. The van der Waals surface area contributed by atoms with Gasteiger partial charge in [0.15, 0.2) is 0 Å². The Hall–Kier alpha value is -0.350. The average molecular weight is 288 g/mol. The van der Waals surface area contributed by atoms with Crippen molar-refractivity contribution in [2.24, 2.45) is 7.05 Å². The van der Waals surface area contributed by atoms with E-state index in [1.165, 1.54) is 12.1 Å². The first-order valence-corrected chi connectivity index (χ1v) is 6.96. The lowest BCUT2D eigenvalue weighted by atomic mass is 10.2. The molecule has 92 valence electrons. The normalized spacial score (nSPS) is 11.7. The van der Waals surface area contributed by atoms with Crippen molar-refractivity contribution < 1.29 is 0 Å². The summed E-state index contributed by atoms with van der Waals surface area (Å²) in [4.78, 5) is 2.48. The first-order valence-electron chi connectivity index (χ1n) is 5.84. The third-order valence-corrected chi connectivity index (χ3v) is 3.33. The molecular weight excluding hydrogens is 266 g/mol. The van der Waals surface area contributed by atoms with Gasteiger partial charge in [0, 0.05) is 25.0 Å². The Balaban J connectivity index is 2.64. The van der Waals surface area contributed by atoms with Crippen molar-refractivity contribution in [2.75, 3.05) is 11.9 Å². The Bertz CT molecular complexity index is 320. The van der Waals surface area contributed by atoms with Gasteiger partial charge in [0.05, 0.1) is 11.4 Å². The summed E-state index contributed by atoms with van der Waals surface area (Å²) in [7, 11) is 2.02. The Morgan fingerprint density at radius 2 is 2.19 bits per heavy atom. The van der Waals surface area contributed by atoms with E-state index in [0.717, 1.165) is 24.1 Å². The molecule has 0 bridgehead atoms. The van der Waals surface area contributed by atoms with Crippen LogP contribution in [0.4, 0.5) is 0 Å². The zero-order valence-corrected chi connectivity index (χ0v) is 12.3. The van der Waals surface area contributed by atoms with Crippen molar-refractivity contribution >= 4 is 15.9 Å². The third-order valence-electron chi connectivity index (χ3n) is 2.77. The van der Waals surface area contributed by atoms with Gasteiger partial charge in [-0.05, 0) is 39.8 Å². The van der Waals surface area contributed by atoms with Gasteiger partial charge >= 0.3 is 0 Å². The van der Waals surface area contributed by atoms with Crippen LogP contribution in [0, 0.1) is 6.92 Å². The molecular formula is C12H22BrN3. The number of aromatic nitrogens is 2. The van der Waals surface area contributed by atoms with Gasteiger partial charge in [-0.1, -0.05) is 15.9 Å². The molecule has 0 spiro atoms. The second-order valence-corrected chi connectivity index (χ2v) is 5.30. The summed E-state index contributed by atoms with van der Waals surface area (Å²) in [5.74, 6) is 0. The number of hydrogen-bond donors (Lipinski definition) is 0.